The minimum Gasteiger partial charge on any atom is -0.492 e. The Labute approximate surface area is 177 Å². The van der Waals surface area contributed by atoms with Gasteiger partial charge in [-0.05, 0) is 30.3 Å². The van der Waals surface area contributed by atoms with Gasteiger partial charge in [0, 0.05) is 12.6 Å². The molecule has 3 aromatic rings. The number of anilines is 1. The number of aromatic nitrogens is 1. The van der Waals surface area contributed by atoms with Gasteiger partial charge in [-0.15, -0.1) is 0 Å². The van der Waals surface area contributed by atoms with Gasteiger partial charge in [0.2, 0.25) is 15.7 Å². The van der Waals surface area contributed by atoms with Crippen molar-refractivity contribution in [3.63, 3.8) is 0 Å². The van der Waals surface area contributed by atoms with E-state index in [1.165, 1.54) is 37.4 Å². The molecule has 0 radical (unpaired) electrons. The van der Waals surface area contributed by atoms with Crippen LogP contribution >= 0.6 is 0 Å². The molecule has 9 nitrogen and oxygen atoms in total. The summed E-state index contributed by atoms with van der Waals surface area (Å²) in [4.78, 5) is 16.4. The van der Waals surface area contributed by atoms with E-state index in [4.69, 9.17) is 13.9 Å². The highest BCUT2D eigenvalue weighted by molar-refractivity contribution is 7.92. The first-order chi connectivity index (χ1) is 14.7. The van der Waals surface area contributed by atoms with Gasteiger partial charge in [0.1, 0.15) is 18.2 Å². The average Bonchev–Trinajstić information content (AvgIpc) is 2.97. The van der Waals surface area contributed by atoms with Crippen molar-refractivity contribution in [1.29, 1.82) is 0 Å². The molecule has 1 N–H and O–H groups in total. The van der Waals surface area contributed by atoms with E-state index in [1.54, 1.807) is 0 Å². The van der Waals surface area contributed by atoms with Crippen LogP contribution in [0.2, 0.25) is 0 Å². The maximum absolute atomic E-state index is 13.4. The van der Waals surface area contributed by atoms with E-state index >= 15 is 0 Å². The van der Waals surface area contributed by atoms with Gasteiger partial charge in [0.25, 0.3) is 0 Å². The van der Waals surface area contributed by atoms with Crippen molar-refractivity contribution in [3.8, 4) is 17.1 Å². The lowest BCUT2D eigenvalue weighted by molar-refractivity contribution is 0.203. The summed E-state index contributed by atoms with van der Waals surface area (Å²) in [7, 11) is -2.27. The molecule has 2 aromatic heterocycles. The molecule has 11 heteroatoms. The third kappa shape index (κ3) is 3.79. The molecule has 0 saturated heterocycles. The number of carbonyl (C=O) groups is 1. The molecule has 0 saturated carbocycles. The van der Waals surface area contributed by atoms with Crippen molar-refractivity contribution in [2.45, 2.75) is 0 Å². The molecule has 3 heterocycles. The fourth-order valence-corrected chi connectivity index (χ4v) is 4.04. The van der Waals surface area contributed by atoms with Crippen molar-refractivity contribution in [2.75, 3.05) is 30.8 Å². The molecule has 0 aliphatic carbocycles. The number of benzene rings is 1. The van der Waals surface area contributed by atoms with Crippen LogP contribution in [-0.2, 0) is 14.8 Å². The lowest BCUT2D eigenvalue weighted by Gasteiger charge is -2.19. The minimum atomic E-state index is -3.67. The number of sulfonamides is 1. The number of hydrogen-bond acceptors (Lipinski definition) is 7. The van der Waals surface area contributed by atoms with Crippen LogP contribution in [0.3, 0.4) is 0 Å². The van der Waals surface area contributed by atoms with Gasteiger partial charge in [-0.25, -0.2) is 21.9 Å². The smallest absolute Gasteiger partial charge is 0.412 e. The summed E-state index contributed by atoms with van der Waals surface area (Å²) in [6.45, 7) is 3.97. The van der Waals surface area contributed by atoms with Crippen molar-refractivity contribution < 1.29 is 31.5 Å². The molecule has 0 fully saturated rings. The predicted molar refractivity (Wildman–Crippen MR) is 112 cm³/mol. The molecule has 1 aromatic carbocycles. The number of nitrogens with zero attached hydrogens (tertiary/aromatic N) is 2. The van der Waals surface area contributed by atoms with Crippen LogP contribution in [0.25, 0.3) is 28.2 Å². The Kier molecular flexibility index (Phi) is 5.05. The van der Waals surface area contributed by atoms with Gasteiger partial charge in [-0.2, -0.15) is 4.98 Å². The molecule has 31 heavy (non-hydrogen) atoms. The average molecular weight is 447 g/mol. The first-order valence-corrected chi connectivity index (χ1v) is 11.0. The molecule has 4 rings (SSSR count). The van der Waals surface area contributed by atoms with Gasteiger partial charge in [0.05, 0.1) is 23.8 Å². The number of amides is 1. The van der Waals surface area contributed by atoms with E-state index in [9.17, 15) is 17.6 Å². The van der Waals surface area contributed by atoms with Crippen molar-refractivity contribution >= 4 is 38.8 Å². The molecule has 162 valence electrons. The highest BCUT2D eigenvalue weighted by Crippen LogP contribution is 2.43. The van der Waals surface area contributed by atoms with Crippen LogP contribution in [0, 0.1) is 5.82 Å². The summed E-state index contributed by atoms with van der Waals surface area (Å²) in [5, 5.41) is 2.64. The summed E-state index contributed by atoms with van der Waals surface area (Å²) in [6, 6.07) is 6.92. The standard InChI is InChI=1S/C20H18FN3O6S/c1-11-14-10-15-17(30-20(25)22-2)16(12-4-6-13(21)7-5-12)29-19(15)23-18(14)24(8-9-28-11)31(3,26)27/h4-7,10H,1,8-9H2,2-3H3,(H,22,25). The monoisotopic (exact) mass is 447 g/mol. The molecule has 0 unspecified atom stereocenters. The van der Waals surface area contributed by atoms with E-state index in [1.807, 2.05) is 0 Å². The number of nitrogens with one attached hydrogen (secondary N) is 1. The van der Waals surface area contributed by atoms with Crippen LogP contribution < -0.4 is 14.4 Å². The largest absolute Gasteiger partial charge is 0.492 e. The molecule has 1 amide bonds. The third-order valence-electron chi connectivity index (χ3n) is 4.63. The van der Waals surface area contributed by atoms with Crippen LogP contribution in [0.15, 0.2) is 41.3 Å². The molecule has 0 atom stereocenters. The second-order valence-corrected chi connectivity index (χ2v) is 8.63. The Hall–Kier alpha value is -3.60. The first-order valence-electron chi connectivity index (χ1n) is 9.12. The lowest BCUT2D eigenvalue weighted by Crippen LogP contribution is -2.32. The Morgan fingerprint density at radius 2 is 2.03 bits per heavy atom. The Morgan fingerprint density at radius 3 is 2.68 bits per heavy atom. The number of pyridine rings is 1. The molecule has 0 spiro atoms. The van der Waals surface area contributed by atoms with Gasteiger partial charge in [-0.1, -0.05) is 6.58 Å². The summed E-state index contributed by atoms with van der Waals surface area (Å²) >= 11 is 0. The summed E-state index contributed by atoms with van der Waals surface area (Å²) in [5.74, 6) is 0.0213. The number of carbonyl (C=O) groups excluding carboxylic acids is 1. The van der Waals surface area contributed by atoms with Crippen molar-refractivity contribution in [1.82, 2.24) is 10.3 Å². The van der Waals surface area contributed by atoms with Crippen LogP contribution in [0.4, 0.5) is 15.0 Å². The van der Waals surface area contributed by atoms with Crippen molar-refractivity contribution in [3.05, 3.63) is 48.3 Å². The van der Waals surface area contributed by atoms with Crippen LogP contribution in [-0.4, -0.2) is 46.0 Å². The van der Waals surface area contributed by atoms with E-state index in [0.29, 0.717) is 16.5 Å². The zero-order chi connectivity index (χ0) is 22.3. The second-order valence-electron chi connectivity index (χ2n) is 6.73. The van der Waals surface area contributed by atoms with Crippen LogP contribution in [0.1, 0.15) is 5.56 Å². The highest BCUT2D eigenvalue weighted by atomic mass is 32.2. The van der Waals surface area contributed by atoms with Gasteiger partial charge < -0.3 is 19.2 Å². The Balaban J connectivity index is 2.00. The topological polar surface area (TPSA) is 111 Å². The quantitative estimate of drug-likeness (QED) is 0.657. The molecular weight excluding hydrogens is 429 g/mol. The second kappa shape index (κ2) is 7.58. The lowest BCUT2D eigenvalue weighted by atomic mass is 10.1. The number of fused-ring (bicyclic) bond motifs is 2. The number of rotatable bonds is 3. The number of ether oxygens (including phenoxy) is 2. The molecule has 1 aliphatic heterocycles. The van der Waals surface area contributed by atoms with Crippen molar-refractivity contribution in [2.24, 2.45) is 0 Å². The maximum atomic E-state index is 13.4. The molecule has 0 bridgehead atoms. The Morgan fingerprint density at radius 1 is 1.32 bits per heavy atom. The molecular formula is C20H18FN3O6S. The van der Waals surface area contributed by atoms with Crippen LogP contribution in [0.5, 0.6) is 5.75 Å². The normalized spacial score (nSPS) is 14.0. The summed E-state index contributed by atoms with van der Waals surface area (Å²) in [6.07, 6.45) is 0.303. The Bertz CT molecular complexity index is 1300. The zero-order valence-electron chi connectivity index (χ0n) is 16.6. The fraction of sp³-hybridized carbons (Fsp3) is 0.200. The molecule has 1 aliphatic rings. The number of hydrogen-bond donors (Lipinski definition) is 1. The predicted octanol–water partition coefficient (Wildman–Crippen LogP) is 3.12. The first kappa shape index (κ1) is 20.7. The fourth-order valence-electron chi connectivity index (χ4n) is 3.18. The van der Waals surface area contributed by atoms with Gasteiger partial charge in [-0.3, -0.25) is 0 Å². The number of furan rings is 1. The summed E-state index contributed by atoms with van der Waals surface area (Å²) in [5.41, 5.74) is 0.771. The minimum absolute atomic E-state index is 0.0281. The zero-order valence-corrected chi connectivity index (χ0v) is 17.5. The summed E-state index contributed by atoms with van der Waals surface area (Å²) < 4.78 is 55.9. The van der Waals surface area contributed by atoms with E-state index in [0.717, 1.165) is 10.6 Å². The third-order valence-corrected chi connectivity index (χ3v) is 5.79. The van der Waals surface area contributed by atoms with E-state index in [2.05, 4.69) is 16.9 Å². The SMILES string of the molecule is C=C1OCCN(S(C)(=O)=O)c2nc3oc(-c4ccc(F)cc4)c(OC(=O)NC)c3cc21. The highest BCUT2D eigenvalue weighted by Gasteiger charge is 2.30. The van der Waals surface area contributed by atoms with E-state index < -0.39 is 21.9 Å². The van der Waals surface area contributed by atoms with Gasteiger partial charge in [0.15, 0.2) is 17.3 Å². The number of halogens is 1. The maximum Gasteiger partial charge on any atom is 0.412 e. The van der Waals surface area contributed by atoms with E-state index in [-0.39, 0.29) is 42.0 Å². The van der Waals surface area contributed by atoms with Gasteiger partial charge >= 0.3 is 6.09 Å².